The number of nitrogens with one attached hydrogen (secondary N) is 1. The Morgan fingerprint density at radius 1 is 1.04 bits per heavy atom. The maximum atomic E-state index is 13.8. The van der Waals surface area contributed by atoms with E-state index in [1.54, 1.807) is 18.2 Å². The minimum absolute atomic E-state index is 0.0502. The molecule has 4 rings (SSSR count). The maximum absolute atomic E-state index is 13.8. The highest BCUT2D eigenvalue weighted by atomic mass is 32.2. The summed E-state index contributed by atoms with van der Waals surface area (Å²) in [5.74, 6) is -1.17. The largest absolute Gasteiger partial charge is 0.486 e. The van der Waals surface area contributed by atoms with Gasteiger partial charge in [-0.3, -0.25) is 4.79 Å². The van der Waals surface area contributed by atoms with Crippen LogP contribution in [0, 0.1) is 11.6 Å². The molecule has 0 bridgehead atoms. The zero-order valence-electron chi connectivity index (χ0n) is 14.5. The first kappa shape index (κ1) is 18.6. The molecule has 1 atom stereocenters. The van der Waals surface area contributed by atoms with Crippen LogP contribution in [0.2, 0.25) is 0 Å². The van der Waals surface area contributed by atoms with Crippen molar-refractivity contribution in [3.05, 3.63) is 48.0 Å². The molecule has 2 heterocycles. The average molecular weight is 410 g/mol. The quantitative estimate of drug-likeness (QED) is 0.831. The molecule has 28 heavy (non-hydrogen) atoms. The number of ether oxygens (including phenoxy) is 2. The van der Waals surface area contributed by atoms with Crippen LogP contribution in [-0.2, 0) is 14.8 Å². The molecule has 0 spiro atoms. The lowest BCUT2D eigenvalue weighted by atomic mass is 10.2. The molecule has 2 aliphatic rings. The Morgan fingerprint density at radius 3 is 2.57 bits per heavy atom. The zero-order valence-corrected chi connectivity index (χ0v) is 15.3. The lowest BCUT2D eigenvalue weighted by Crippen LogP contribution is -2.37. The summed E-state index contributed by atoms with van der Waals surface area (Å²) in [5.41, 5.74) is 0.535. The first-order valence-electron chi connectivity index (χ1n) is 8.51. The fourth-order valence-corrected chi connectivity index (χ4v) is 4.52. The van der Waals surface area contributed by atoms with Crippen molar-refractivity contribution in [3.8, 4) is 11.5 Å². The SMILES string of the molecule is O=C1C[C@@H](NS(=O)(=O)c2cc(F)ccc2F)CN1c1ccc2c(c1)OCCO2. The summed E-state index contributed by atoms with van der Waals surface area (Å²) in [6.07, 6.45) is -0.107. The van der Waals surface area contributed by atoms with Gasteiger partial charge in [0.05, 0.1) is 0 Å². The smallest absolute Gasteiger partial charge is 0.243 e. The molecule has 10 heteroatoms. The first-order chi connectivity index (χ1) is 13.3. The lowest BCUT2D eigenvalue weighted by molar-refractivity contribution is -0.117. The van der Waals surface area contributed by atoms with Crippen LogP contribution in [0.25, 0.3) is 0 Å². The van der Waals surface area contributed by atoms with Gasteiger partial charge in [-0.1, -0.05) is 0 Å². The van der Waals surface area contributed by atoms with Crippen molar-refractivity contribution in [2.24, 2.45) is 0 Å². The van der Waals surface area contributed by atoms with Gasteiger partial charge in [0.25, 0.3) is 0 Å². The predicted molar refractivity (Wildman–Crippen MR) is 94.9 cm³/mol. The molecule has 0 saturated carbocycles. The van der Waals surface area contributed by atoms with Gasteiger partial charge in [-0.2, -0.15) is 0 Å². The first-order valence-corrected chi connectivity index (χ1v) is 9.99. The molecule has 2 aliphatic heterocycles. The molecule has 2 aromatic rings. The summed E-state index contributed by atoms with van der Waals surface area (Å²) in [6, 6.07) is 6.39. The highest BCUT2D eigenvalue weighted by Crippen LogP contribution is 2.35. The molecule has 7 nitrogen and oxygen atoms in total. The Morgan fingerprint density at radius 2 is 1.79 bits per heavy atom. The number of carbonyl (C=O) groups excluding carboxylic acids is 1. The van der Waals surface area contributed by atoms with Gasteiger partial charge in [0.2, 0.25) is 15.9 Å². The van der Waals surface area contributed by atoms with Gasteiger partial charge in [-0.05, 0) is 30.3 Å². The van der Waals surface area contributed by atoms with E-state index in [0.717, 1.165) is 12.1 Å². The Kier molecular flexibility index (Phi) is 4.68. The molecule has 148 valence electrons. The Hall–Kier alpha value is -2.72. The van der Waals surface area contributed by atoms with Gasteiger partial charge in [-0.15, -0.1) is 0 Å². The molecule has 0 aliphatic carbocycles. The van der Waals surface area contributed by atoms with Crippen molar-refractivity contribution >= 4 is 21.6 Å². The van der Waals surface area contributed by atoms with Gasteiger partial charge < -0.3 is 14.4 Å². The fraction of sp³-hybridized carbons (Fsp3) is 0.278. The maximum Gasteiger partial charge on any atom is 0.243 e. The number of halogens is 2. The molecule has 0 radical (unpaired) electrons. The summed E-state index contributed by atoms with van der Waals surface area (Å²) >= 11 is 0. The molecule has 1 saturated heterocycles. The number of fused-ring (bicyclic) bond motifs is 1. The highest BCUT2D eigenvalue weighted by molar-refractivity contribution is 7.89. The van der Waals surface area contributed by atoms with E-state index in [1.165, 1.54) is 4.90 Å². The highest BCUT2D eigenvalue weighted by Gasteiger charge is 2.35. The molecule has 1 fully saturated rings. The van der Waals surface area contributed by atoms with Crippen LogP contribution < -0.4 is 19.1 Å². The monoisotopic (exact) mass is 410 g/mol. The summed E-state index contributed by atoms with van der Waals surface area (Å²) in [5, 5.41) is 0. The molecular weight excluding hydrogens is 394 g/mol. The lowest BCUT2D eigenvalue weighted by Gasteiger charge is -2.22. The Labute approximate surface area is 159 Å². The molecule has 1 N–H and O–H groups in total. The van der Waals surface area contributed by atoms with Gasteiger partial charge in [0, 0.05) is 30.8 Å². The Bertz CT molecular complexity index is 1040. The van der Waals surface area contributed by atoms with Crippen LogP contribution in [0.1, 0.15) is 6.42 Å². The van der Waals surface area contributed by atoms with Crippen LogP contribution in [0.5, 0.6) is 11.5 Å². The van der Waals surface area contributed by atoms with E-state index >= 15 is 0 Å². The van der Waals surface area contributed by atoms with Crippen LogP contribution >= 0.6 is 0 Å². The number of hydrogen-bond acceptors (Lipinski definition) is 5. The number of anilines is 1. The standard InChI is InChI=1S/C18H16F2N2O5S/c19-11-1-3-14(20)17(7-11)28(24,25)21-12-8-18(23)22(10-12)13-2-4-15-16(9-13)27-6-5-26-15/h1-4,7,9,12,21H,5-6,8,10H2/t12-/m1/s1. The number of hydrogen-bond donors (Lipinski definition) is 1. The minimum Gasteiger partial charge on any atom is -0.486 e. The second kappa shape index (κ2) is 7.02. The fourth-order valence-electron chi connectivity index (χ4n) is 3.20. The van der Waals surface area contributed by atoms with E-state index < -0.39 is 32.6 Å². The van der Waals surface area contributed by atoms with Gasteiger partial charge >= 0.3 is 0 Å². The van der Waals surface area contributed by atoms with Crippen molar-refractivity contribution in [2.75, 3.05) is 24.7 Å². The van der Waals surface area contributed by atoms with Crippen LogP contribution in [-0.4, -0.2) is 40.1 Å². The normalized spacial score (nSPS) is 19.1. The zero-order chi connectivity index (χ0) is 19.9. The third-order valence-electron chi connectivity index (χ3n) is 4.47. The Balaban J connectivity index is 1.53. The minimum atomic E-state index is -4.33. The van der Waals surface area contributed by atoms with Crippen LogP contribution in [0.3, 0.4) is 0 Å². The van der Waals surface area contributed by atoms with Gasteiger partial charge in [0.15, 0.2) is 11.5 Å². The summed E-state index contributed by atoms with van der Waals surface area (Å²) in [6.45, 7) is 0.885. The molecule has 2 aromatic carbocycles. The number of nitrogens with zero attached hydrogens (tertiary/aromatic N) is 1. The molecular formula is C18H16F2N2O5S. The van der Waals surface area contributed by atoms with Crippen molar-refractivity contribution in [1.29, 1.82) is 0 Å². The topological polar surface area (TPSA) is 84.9 Å². The molecule has 0 aromatic heterocycles. The van der Waals surface area contributed by atoms with E-state index in [9.17, 15) is 22.0 Å². The van der Waals surface area contributed by atoms with Crippen LogP contribution in [0.15, 0.2) is 41.3 Å². The average Bonchev–Trinajstić information content (AvgIpc) is 3.02. The van der Waals surface area contributed by atoms with E-state index in [-0.39, 0.29) is 18.9 Å². The number of rotatable bonds is 4. The van der Waals surface area contributed by atoms with E-state index in [4.69, 9.17) is 9.47 Å². The number of sulfonamides is 1. The second-order valence-corrected chi connectivity index (χ2v) is 8.11. The number of carbonyl (C=O) groups is 1. The third kappa shape index (κ3) is 3.52. The van der Waals surface area contributed by atoms with Crippen molar-refractivity contribution in [1.82, 2.24) is 4.72 Å². The van der Waals surface area contributed by atoms with E-state index in [0.29, 0.717) is 36.5 Å². The predicted octanol–water partition coefficient (Wildman–Crippen LogP) is 1.82. The summed E-state index contributed by atoms with van der Waals surface area (Å²) < 4.78 is 65.2. The van der Waals surface area contributed by atoms with Crippen molar-refractivity contribution in [3.63, 3.8) is 0 Å². The third-order valence-corrected chi connectivity index (χ3v) is 6.00. The molecule has 1 amide bonds. The number of amides is 1. The van der Waals surface area contributed by atoms with Crippen molar-refractivity contribution in [2.45, 2.75) is 17.4 Å². The van der Waals surface area contributed by atoms with Gasteiger partial charge in [0.1, 0.15) is 29.7 Å². The summed E-state index contributed by atoms with van der Waals surface area (Å²) in [4.78, 5) is 13.0. The van der Waals surface area contributed by atoms with E-state index in [2.05, 4.69) is 4.72 Å². The number of benzene rings is 2. The van der Waals surface area contributed by atoms with Gasteiger partial charge in [-0.25, -0.2) is 21.9 Å². The van der Waals surface area contributed by atoms with Crippen molar-refractivity contribution < 1.29 is 31.5 Å². The van der Waals surface area contributed by atoms with E-state index in [1.807, 2.05) is 0 Å². The summed E-state index contributed by atoms with van der Waals surface area (Å²) in [7, 11) is -4.33. The van der Waals surface area contributed by atoms with Crippen LogP contribution in [0.4, 0.5) is 14.5 Å². The molecule has 0 unspecified atom stereocenters. The second-order valence-electron chi connectivity index (χ2n) is 6.43.